The summed E-state index contributed by atoms with van der Waals surface area (Å²) in [5, 5.41) is 6.59. The molecule has 1 atom stereocenters. The lowest BCUT2D eigenvalue weighted by molar-refractivity contribution is 0.0852. The number of amides is 1. The van der Waals surface area contributed by atoms with Crippen LogP contribution in [0.25, 0.3) is 0 Å². The predicted octanol–water partition coefficient (Wildman–Crippen LogP) is 1.09. The number of aryl methyl sites for hydroxylation is 1. The van der Waals surface area contributed by atoms with Crippen molar-refractivity contribution in [1.82, 2.24) is 15.6 Å². The Bertz CT molecular complexity index is 575. The molecule has 0 radical (unpaired) electrons. The second-order valence-electron chi connectivity index (χ2n) is 6.12. The Morgan fingerprint density at radius 1 is 1.45 bits per heavy atom. The molecule has 1 spiro atoms. The molecule has 5 heteroatoms. The Morgan fingerprint density at radius 2 is 2.25 bits per heavy atom. The van der Waals surface area contributed by atoms with Crippen molar-refractivity contribution >= 4 is 5.91 Å². The molecule has 2 heterocycles. The van der Waals surface area contributed by atoms with Crippen LogP contribution in [-0.4, -0.2) is 29.0 Å². The monoisotopic (exact) mass is 275 g/mol. The molecule has 3 rings (SSSR count). The number of rotatable bonds is 2. The molecular weight excluding hydrogens is 254 g/mol. The smallest absolute Gasteiger partial charge is 0.256 e. The lowest BCUT2D eigenvalue weighted by atomic mass is 9.70. The fourth-order valence-electron chi connectivity index (χ4n) is 3.28. The largest absolute Gasteiger partial charge is 0.364 e. The van der Waals surface area contributed by atoms with Crippen molar-refractivity contribution in [3.63, 3.8) is 0 Å². The van der Waals surface area contributed by atoms with Crippen LogP contribution in [0.5, 0.6) is 0 Å². The lowest BCUT2D eigenvalue weighted by Crippen LogP contribution is -2.59. The van der Waals surface area contributed by atoms with E-state index in [1.807, 2.05) is 0 Å². The van der Waals surface area contributed by atoms with Gasteiger partial charge in [0.05, 0.1) is 0 Å². The van der Waals surface area contributed by atoms with Crippen molar-refractivity contribution in [2.45, 2.75) is 50.6 Å². The molecule has 1 saturated heterocycles. The molecule has 5 nitrogen and oxygen atoms in total. The van der Waals surface area contributed by atoms with E-state index in [0.717, 1.165) is 25.1 Å². The molecule has 1 saturated carbocycles. The van der Waals surface area contributed by atoms with Gasteiger partial charge in [0.25, 0.3) is 5.91 Å². The van der Waals surface area contributed by atoms with E-state index in [1.165, 1.54) is 31.5 Å². The zero-order valence-corrected chi connectivity index (χ0v) is 11.8. The summed E-state index contributed by atoms with van der Waals surface area (Å²) in [6.07, 6.45) is 7.08. The van der Waals surface area contributed by atoms with E-state index in [9.17, 15) is 9.59 Å². The quantitative estimate of drug-likeness (QED) is 0.756. The Balaban J connectivity index is 1.68. The average molecular weight is 275 g/mol. The molecule has 1 aromatic rings. The van der Waals surface area contributed by atoms with Crippen LogP contribution in [-0.2, 0) is 0 Å². The number of nitrogens with one attached hydrogen (secondary N) is 3. The minimum atomic E-state index is -0.257. The molecule has 2 fully saturated rings. The number of aromatic nitrogens is 1. The first kappa shape index (κ1) is 13.4. The SMILES string of the molecule is Cc1cc(=O)c(C(=O)NC2CCNC3(CCC3)C2)c[nH]1. The van der Waals surface area contributed by atoms with Gasteiger partial charge in [-0.3, -0.25) is 9.59 Å². The summed E-state index contributed by atoms with van der Waals surface area (Å²) in [4.78, 5) is 27.0. The van der Waals surface area contributed by atoms with Crippen molar-refractivity contribution in [3.05, 3.63) is 33.7 Å². The maximum atomic E-state index is 12.2. The second kappa shape index (κ2) is 5.05. The minimum absolute atomic E-state index is 0.171. The maximum absolute atomic E-state index is 12.2. The van der Waals surface area contributed by atoms with Gasteiger partial charge in [-0.2, -0.15) is 0 Å². The van der Waals surface area contributed by atoms with Gasteiger partial charge in [-0.15, -0.1) is 0 Å². The van der Waals surface area contributed by atoms with Crippen LogP contribution >= 0.6 is 0 Å². The highest BCUT2D eigenvalue weighted by Crippen LogP contribution is 2.38. The van der Waals surface area contributed by atoms with Crippen LogP contribution in [0.4, 0.5) is 0 Å². The third-order valence-corrected chi connectivity index (χ3v) is 4.58. The molecule has 1 amide bonds. The number of hydrogen-bond donors (Lipinski definition) is 3. The topological polar surface area (TPSA) is 74.0 Å². The summed E-state index contributed by atoms with van der Waals surface area (Å²) >= 11 is 0. The summed E-state index contributed by atoms with van der Waals surface area (Å²) in [5.41, 5.74) is 1.00. The Kier molecular flexibility index (Phi) is 3.38. The zero-order valence-electron chi connectivity index (χ0n) is 11.8. The molecule has 1 unspecified atom stereocenters. The summed E-state index contributed by atoms with van der Waals surface area (Å²) in [6.45, 7) is 2.74. The van der Waals surface area contributed by atoms with E-state index in [1.54, 1.807) is 6.92 Å². The molecule has 0 bridgehead atoms. The lowest BCUT2D eigenvalue weighted by Gasteiger charge is -2.48. The number of H-pyrrole nitrogens is 1. The van der Waals surface area contributed by atoms with Crippen LogP contribution in [0.1, 0.15) is 48.2 Å². The van der Waals surface area contributed by atoms with Gasteiger partial charge in [0.15, 0.2) is 5.43 Å². The van der Waals surface area contributed by atoms with Crippen molar-refractivity contribution in [2.75, 3.05) is 6.54 Å². The van der Waals surface area contributed by atoms with Gasteiger partial charge in [0.2, 0.25) is 0 Å². The molecule has 1 aromatic heterocycles. The van der Waals surface area contributed by atoms with Crippen LogP contribution in [0.3, 0.4) is 0 Å². The van der Waals surface area contributed by atoms with Gasteiger partial charge >= 0.3 is 0 Å². The molecular formula is C15H21N3O2. The van der Waals surface area contributed by atoms with Gasteiger partial charge in [0, 0.05) is 29.5 Å². The van der Waals surface area contributed by atoms with Crippen LogP contribution < -0.4 is 16.1 Å². The van der Waals surface area contributed by atoms with Gasteiger partial charge in [0.1, 0.15) is 5.56 Å². The van der Waals surface area contributed by atoms with Crippen molar-refractivity contribution < 1.29 is 4.79 Å². The summed E-state index contributed by atoms with van der Waals surface area (Å²) in [7, 11) is 0. The van der Waals surface area contributed by atoms with E-state index in [0.29, 0.717) is 0 Å². The van der Waals surface area contributed by atoms with Crippen LogP contribution in [0, 0.1) is 6.92 Å². The first-order valence-electron chi connectivity index (χ1n) is 7.33. The first-order valence-corrected chi connectivity index (χ1v) is 7.33. The highest BCUT2D eigenvalue weighted by Gasteiger charge is 2.41. The Labute approximate surface area is 118 Å². The molecule has 3 N–H and O–H groups in total. The van der Waals surface area contributed by atoms with Crippen molar-refractivity contribution in [1.29, 1.82) is 0 Å². The number of pyridine rings is 1. The highest BCUT2D eigenvalue weighted by atomic mass is 16.2. The first-order chi connectivity index (χ1) is 9.58. The van der Waals surface area contributed by atoms with E-state index in [2.05, 4.69) is 15.6 Å². The summed E-state index contributed by atoms with van der Waals surface area (Å²) < 4.78 is 0. The third-order valence-electron chi connectivity index (χ3n) is 4.58. The van der Waals surface area contributed by atoms with Crippen molar-refractivity contribution in [3.8, 4) is 0 Å². The standard InChI is InChI=1S/C15H21N3O2/c1-10-7-13(19)12(9-16-10)14(20)18-11-3-6-17-15(8-11)4-2-5-15/h7,9,11,17H,2-6,8H2,1H3,(H,16,19)(H,18,20). The van der Waals surface area contributed by atoms with Gasteiger partial charge in [-0.05, 0) is 45.6 Å². The number of hydrogen-bond acceptors (Lipinski definition) is 3. The maximum Gasteiger partial charge on any atom is 0.256 e. The second-order valence-corrected chi connectivity index (χ2v) is 6.12. The van der Waals surface area contributed by atoms with E-state index < -0.39 is 0 Å². The average Bonchev–Trinajstić information content (AvgIpc) is 2.37. The number of carbonyl (C=O) groups excluding carboxylic acids is 1. The predicted molar refractivity (Wildman–Crippen MR) is 76.9 cm³/mol. The summed E-state index contributed by atoms with van der Waals surface area (Å²) in [6, 6.07) is 1.63. The summed E-state index contributed by atoms with van der Waals surface area (Å²) in [5.74, 6) is -0.257. The normalized spacial score (nSPS) is 24.1. The van der Waals surface area contributed by atoms with Crippen LogP contribution in [0.15, 0.2) is 17.1 Å². The van der Waals surface area contributed by atoms with E-state index >= 15 is 0 Å². The number of aromatic amines is 1. The van der Waals surface area contributed by atoms with Crippen molar-refractivity contribution in [2.24, 2.45) is 0 Å². The molecule has 1 aliphatic heterocycles. The molecule has 108 valence electrons. The van der Waals surface area contributed by atoms with Gasteiger partial charge in [-0.25, -0.2) is 0 Å². The molecule has 0 aromatic carbocycles. The molecule has 2 aliphatic rings. The van der Waals surface area contributed by atoms with Gasteiger partial charge < -0.3 is 15.6 Å². The number of piperidine rings is 1. The minimum Gasteiger partial charge on any atom is -0.364 e. The number of carbonyl (C=O) groups is 1. The van der Waals surface area contributed by atoms with Gasteiger partial charge in [-0.1, -0.05) is 0 Å². The fourth-order valence-corrected chi connectivity index (χ4v) is 3.28. The highest BCUT2D eigenvalue weighted by molar-refractivity contribution is 5.94. The van der Waals surface area contributed by atoms with E-state index in [4.69, 9.17) is 0 Å². The molecule has 20 heavy (non-hydrogen) atoms. The zero-order chi connectivity index (χ0) is 14.2. The third kappa shape index (κ3) is 2.50. The Hall–Kier alpha value is -1.62. The van der Waals surface area contributed by atoms with E-state index in [-0.39, 0.29) is 28.5 Å². The fraction of sp³-hybridized carbons (Fsp3) is 0.600. The van der Waals surface area contributed by atoms with Crippen LogP contribution in [0.2, 0.25) is 0 Å². The Morgan fingerprint density at radius 3 is 2.90 bits per heavy atom. The molecule has 1 aliphatic carbocycles.